The Hall–Kier alpha value is -0.540. The van der Waals surface area contributed by atoms with Crippen LogP contribution >= 0.6 is 35.7 Å². The summed E-state index contributed by atoms with van der Waals surface area (Å²) in [4.78, 5) is 5.40. The molecule has 2 rings (SSSR count). The first-order valence-corrected chi connectivity index (χ1v) is 10.1. The Morgan fingerprint density at radius 1 is 1.27 bits per heavy atom. The molecule has 0 unspecified atom stereocenters. The van der Waals surface area contributed by atoms with Crippen LogP contribution in [-0.2, 0) is 4.74 Å². The molecular weight excluding hydrogens is 464 g/mol. The highest BCUT2D eigenvalue weighted by atomic mass is 127. The molecule has 7 heteroatoms. The van der Waals surface area contributed by atoms with Gasteiger partial charge in [0.05, 0.1) is 0 Å². The summed E-state index contributed by atoms with van der Waals surface area (Å²) >= 11 is 1.75. The third kappa shape index (κ3) is 8.90. The Morgan fingerprint density at radius 3 is 2.62 bits per heavy atom. The van der Waals surface area contributed by atoms with Gasteiger partial charge in [-0.1, -0.05) is 0 Å². The van der Waals surface area contributed by atoms with Gasteiger partial charge in [-0.25, -0.2) is 4.39 Å². The molecule has 1 saturated carbocycles. The number of benzene rings is 1. The zero-order valence-corrected chi connectivity index (χ0v) is 18.9. The molecule has 0 aromatic heterocycles. The fraction of sp³-hybridized carbons (Fsp3) is 0.632. The van der Waals surface area contributed by atoms with E-state index in [4.69, 9.17) is 4.74 Å². The zero-order valence-electron chi connectivity index (χ0n) is 15.7. The summed E-state index contributed by atoms with van der Waals surface area (Å²) in [5, 5.41) is 6.82. The second kappa shape index (κ2) is 12.8. The molecule has 26 heavy (non-hydrogen) atoms. The lowest BCUT2D eigenvalue weighted by Gasteiger charge is -2.18. The van der Waals surface area contributed by atoms with E-state index in [9.17, 15) is 4.39 Å². The first-order valence-electron chi connectivity index (χ1n) is 9.08. The molecule has 0 aliphatic heterocycles. The van der Waals surface area contributed by atoms with E-state index in [2.05, 4.69) is 15.6 Å². The van der Waals surface area contributed by atoms with Crippen molar-refractivity contribution in [2.24, 2.45) is 10.4 Å². The highest BCUT2D eigenvalue weighted by Gasteiger charge is 2.41. The molecule has 0 bridgehead atoms. The summed E-state index contributed by atoms with van der Waals surface area (Å²) < 4.78 is 18.3. The van der Waals surface area contributed by atoms with Crippen molar-refractivity contribution in [2.75, 3.05) is 39.1 Å². The second-order valence-corrected chi connectivity index (χ2v) is 7.62. The lowest BCUT2D eigenvalue weighted by Crippen LogP contribution is -2.41. The van der Waals surface area contributed by atoms with Crippen molar-refractivity contribution in [2.45, 2.75) is 37.5 Å². The van der Waals surface area contributed by atoms with Gasteiger partial charge in [0.25, 0.3) is 0 Å². The molecule has 4 nitrogen and oxygen atoms in total. The third-order valence-corrected chi connectivity index (χ3v) is 5.59. The molecule has 0 amide bonds. The maximum atomic E-state index is 12.9. The lowest BCUT2D eigenvalue weighted by molar-refractivity contribution is 0.128. The van der Waals surface area contributed by atoms with Gasteiger partial charge in [0.2, 0.25) is 0 Å². The van der Waals surface area contributed by atoms with Crippen LogP contribution < -0.4 is 10.6 Å². The number of hydrogen-bond donors (Lipinski definition) is 2. The number of rotatable bonds is 11. The van der Waals surface area contributed by atoms with Crippen molar-refractivity contribution in [3.05, 3.63) is 30.1 Å². The van der Waals surface area contributed by atoms with Gasteiger partial charge in [-0.15, -0.1) is 35.7 Å². The van der Waals surface area contributed by atoms with Crippen molar-refractivity contribution in [1.82, 2.24) is 10.6 Å². The Morgan fingerprint density at radius 2 is 2.00 bits per heavy atom. The summed E-state index contributed by atoms with van der Waals surface area (Å²) in [6, 6.07) is 6.66. The van der Waals surface area contributed by atoms with Crippen LogP contribution in [-0.4, -0.2) is 45.1 Å². The topological polar surface area (TPSA) is 45.6 Å². The normalized spacial score (nSPS) is 15.3. The number of nitrogens with zero attached hydrogens (tertiary/aromatic N) is 1. The van der Waals surface area contributed by atoms with Gasteiger partial charge in [-0.3, -0.25) is 4.99 Å². The molecule has 0 saturated heterocycles. The fourth-order valence-corrected chi connectivity index (χ4v) is 3.47. The zero-order chi connectivity index (χ0) is 18.0. The number of thioether (sulfide) groups is 1. The Balaban J connectivity index is 0.00000338. The average Bonchev–Trinajstić information content (AvgIpc) is 3.39. The summed E-state index contributed by atoms with van der Waals surface area (Å²) in [5.41, 5.74) is 0.408. The van der Waals surface area contributed by atoms with Gasteiger partial charge in [-0.2, -0.15) is 0 Å². The summed E-state index contributed by atoms with van der Waals surface area (Å²) in [6.45, 7) is 5.52. The monoisotopic (exact) mass is 495 g/mol. The quantitative estimate of drug-likeness (QED) is 0.158. The third-order valence-electron chi connectivity index (χ3n) is 4.49. The number of aliphatic imine (C=N–C) groups is 1. The molecule has 0 atom stereocenters. The highest BCUT2D eigenvalue weighted by molar-refractivity contribution is 14.0. The maximum absolute atomic E-state index is 12.9. The minimum atomic E-state index is -0.185. The first-order chi connectivity index (χ1) is 12.2. The SMILES string of the molecule is CCOCCC1(CNC(=NC)NCCCSc2ccc(F)cc2)CC1.I. The smallest absolute Gasteiger partial charge is 0.190 e. The van der Waals surface area contributed by atoms with Crippen LogP contribution in [0.4, 0.5) is 4.39 Å². The minimum absolute atomic E-state index is 0. The number of nitrogens with one attached hydrogen (secondary N) is 2. The van der Waals surface area contributed by atoms with E-state index in [1.54, 1.807) is 11.8 Å². The molecular formula is C19H31FIN3OS. The van der Waals surface area contributed by atoms with E-state index in [0.717, 1.165) is 55.8 Å². The molecule has 0 spiro atoms. The number of ether oxygens (including phenoxy) is 1. The number of guanidine groups is 1. The van der Waals surface area contributed by atoms with Gasteiger partial charge in [0.15, 0.2) is 5.96 Å². The van der Waals surface area contributed by atoms with E-state index >= 15 is 0 Å². The van der Waals surface area contributed by atoms with Crippen molar-refractivity contribution in [3.8, 4) is 0 Å². The average molecular weight is 495 g/mol. The summed E-state index contributed by atoms with van der Waals surface area (Å²) in [5.74, 6) is 1.68. The van der Waals surface area contributed by atoms with E-state index < -0.39 is 0 Å². The predicted octanol–water partition coefficient (Wildman–Crippen LogP) is 4.30. The van der Waals surface area contributed by atoms with Crippen LogP contribution in [0.2, 0.25) is 0 Å². The van der Waals surface area contributed by atoms with Gasteiger partial charge < -0.3 is 15.4 Å². The molecule has 1 aromatic carbocycles. The van der Waals surface area contributed by atoms with E-state index in [0.29, 0.717) is 5.41 Å². The Kier molecular flexibility index (Phi) is 11.5. The molecule has 1 fully saturated rings. The largest absolute Gasteiger partial charge is 0.382 e. The predicted molar refractivity (Wildman–Crippen MR) is 119 cm³/mol. The molecule has 0 heterocycles. The number of hydrogen-bond acceptors (Lipinski definition) is 3. The molecule has 1 aliphatic rings. The summed E-state index contributed by atoms with van der Waals surface area (Å²) in [7, 11) is 1.81. The van der Waals surface area contributed by atoms with Crippen LogP contribution in [0, 0.1) is 11.2 Å². The minimum Gasteiger partial charge on any atom is -0.382 e. The van der Waals surface area contributed by atoms with Gasteiger partial charge in [0.1, 0.15) is 5.82 Å². The Bertz CT molecular complexity index is 538. The standard InChI is InChI=1S/C19H30FN3OS.HI/c1-3-24-13-11-19(9-10-19)15-23-18(21-2)22-12-4-14-25-17-7-5-16(20)6-8-17;/h5-8H,3-4,9-15H2,1-2H3,(H2,21,22,23);1H. The van der Waals surface area contributed by atoms with Crippen LogP contribution in [0.25, 0.3) is 0 Å². The van der Waals surface area contributed by atoms with Crippen LogP contribution in [0.15, 0.2) is 34.2 Å². The molecule has 1 aliphatic carbocycles. The second-order valence-electron chi connectivity index (χ2n) is 6.46. The van der Waals surface area contributed by atoms with Crippen molar-refractivity contribution in [1.29, 1.82) is 0 Å². The van der Waals surface area contributed by atoms with E-state index in [-0.39, 0.29) is 29.8 Å². The lowest BCUT2D eigenvalue weighted by atomic mass is 10.0. The van der Waals surface area contributed by atoms with Crippen molar-refractivity contribution < 1.29 is 9.13 Å². The summed E-state index contributed by atoms with van der Waals surface area (Å²) in [6.07, 6.45) is 4.70. The first kappa shape index (κ1) is 23.5. The van der Waals surface area contributed by atoms with Gasteiger partial charge >= 0.3 is 0 Å². The van der Waals surface area contributed by atoms with Gasteiger partial charge in [-0.05, 0) is 68.0 Å². The maximum Gasteiger partial charge on any atom is 0.190 e. The van der Waals surface area contributed by atoms with E-state index in [1.807, 2.05) is 26.1 Å². The van der Waals surface area contributed by atoms with Crippen LogP contribution in [0.1, 0.15) is 32.6 Å². The van der Waals surface area contributed by atoms with Crippen molar-refractivity contribution >= 4 is 41.7 Å². The number of halogens is 2. The van der Waals surface area contributed by atoms with Gasteiger partial charge in [0, 0.05) is 38.2 Å². The fourth-order valence-electron chi connectivity index (χ4n) is 2.62. The van der Waals surface area contributed by atoms with Crippen LogP contribution in [0.5, 0.6) is 0 Å². The molecule has 148 valence electrons. The van der Waals surface area contributed by atoms with E-state index in [1.165, 1.54) is 25.0 Å². The van der Waals surface area contributed by atoms with Crippen molar-refractivity contribution in [3.63, 3.8) is 0 Å². The Labute approximate surface area is 178 Å². The van der Waals surface area contributed by atoms with Crippen LogP contribution in [0.3, 0.4) is 0 Å². The molecule has 0 radical (unpaired) electrons. The molecule has 2 N–H and O–H groups in total. The molecule has 1 aromatic rings. The highest BCUT2D eigenvalue weighted by Crippen LogP contribution is 2.48.